The van der Waals surface area contributed by atoms with Crippen LogP contribution < -0.4 is 4.74 Å². The van der Waals surface area contributed by atoms with E-state index in [9.17, 15) is 0 Å². The van der Waals surface area contributed by atoms with Crippen molar-refractivity contribution in [2.45, 2.75) is 51.4 Å². The van der Waals surface area contributed by atoms with Gasteiger partial charge in [0.05, 0.1) is 13.3 Å². The summed E-state index contributed by atoms with van der Waals surface area (Å²) in [7, 11) is 1.71. The van der Waals surface area contributed by atoms with Crippen LogP contribution in [-0.2, 0) is 10.8 Å². The molecule has 0 atom stereocenters. The quantitative estimate of drug-likeness (QED) is 0.760. The summed E-state index contributed by atoms with van der Waals surface area (Å²) in [5, 5.41) is 0. The lowest BCUT2D eigenvalue weighted by atomic mass is 9.85. The van der Waals surface area contributed by atoms with E-state index >= 15 is 0 Å². The molecule has 0 unspecified atom stereocenters. The van der Waals surface area contributed by atoms with Gasteiger partial charge in [0, 0.05) is 16.7 Å². The van der Waals surface area contributed by atoms with Crippen LogP contribution in [0.2, 0.25) is 0 Å². The van der Waals surface area contributed by atoms with Crippen LogP contribution in [0.25, 0.3) is 0 Å². The van der Waals surface area contributed by atoms with Crippen molar-refractivity contribution >= 4 is 0 Å². The summed E-state index contributed by atoms with van der Waals surface area (Å²) < 4.78 is 5.40. The molecule has 1 aromatic heterocycles. The van der Waals surface area contributed by atoms with Crippen molar-refractivity contribution in [2.75, 3.05) is 7.11 Å². The zero-order valence-corrected chi connectivity index (χ0v) is 10.9. The summed E-state index contributed by atoms with van der Waals surface area (Å²) in [6.45, 7) is 8.92. The Labute approximate surface area is 98.0 Å². The standard InChI is InChI=1S/C14H21NO/c1-13(2,3)10-8-12(14(4)6-7-14)15-9-11(10)16-5/h8-9H,6-7H2,1-5H3. The molecule has 0 spiro atoms. The number of pyridine rings is 1. The van der Waals surface area contributed by atoms with Crippen molar-refractivity contribution in [3.05, 3.63) is 23.5 Å². The second kappa shape index (κ2) is 3.47. The summed E-state index contributed by atoms with van der Waals surface area (Å²) in [6, 6.07) is 2.23. The van der Waals surface area contributed by atoms with E-state index in [-0.39, 0.29) is 5.41 Å². The van der Waals surface area contributed by atoms with Gasteiger partial charge in [0.25, 0.3) is 0 Å². The molecular weight excluding hydrogens is 198 g/mol. The Morgan fingerprint density at radius 2 is 1.94 bits per heavy atom. The molecule has 0 saturated heterocycles. The zero-order valence-electron chi connectivity index (χ0n) is 10.9. The first-order valence-corrected chi connectivity index (χ1v) is 5.92. The maximum atomic E-state index is 5.40. The Balaban J connectivity index is 2.47. The van der Waals surface area contributed by atoms with E-state index in [1.54, 1.807) is 7.11 Å². The molecule has 1 aliphatic rings. The van der Waals surface area contributed by atoms with Gasteiger partial charge in [-0.25, -0.2) is 0 Å². The molecule has 0 N–H and O–H groups in total. The molecule has 0 aromatic carbocycles. The molecule has 0 radical (unpaired) electrons. The molecule has 1 heterocycles. The van der Waals surface area contributed by atoms with E-state index in [0.29, 0.717) is 5.41 Å². The highest BCUT2D eigenvalue weighted by molar-refractivity contribution is 5.40. The predicted octanol–water partition coefficient (Wildman–Crippen LogP) is 3.44. The normalized spacial score (nSPS) is 18.3. The van der Waals surface area contributed by atoms with Crippen LogP contribution in [0.4, 0.5) is 0 Å². The van der Waals surface area contributed by atoms with Gasteiger partial charge in [-0.2, -0.15) is 0 Å². The van der Waals surface area contributed by atoms with Crippen molar-refractivity contribution in [3.63, 3.8) is 0 Å². The summed E-state index contributed by atoms with van der Waals surface area (Å²) in [5.41, 5.74) is 2.91. The fourth-order valence-electron chi connectivity index (χ4n) is 1.97. The third kappa shape index (κ3) is 1.93. The average Bonchev–Trinajstić information content (AvgIpc) is 2.95. The van der Waals surface area contributed by atoms with Gasteiger partial charge in [0.1, 0.15) is 5.75 Å². The molecule has 1 fully saturated rings. The molecule has 1 aromatic rings. The highest BCUT2D eigenvalue weighted by Gasteiger charge is 2.41. The van der Waals surface area contributed by atoms with Crippen LogP contribution >= 0.6 is 0 Å². The number of hydrogen-bond donors (Lipinski definition) is 0. The minimum absolute atomic E-state index is 0.105. The van der Waals surface area contributed by atoms with Gasteiger partial charge in [-0.05, 0) is 24.3 Å². The number of hydrogen-bond acceptors (Lipinski definition) is 2. The lowest BCUT2D eigenvalue weighted by molar-refractivity contribution is 0.394. The first kappa shape index (κ1) is 11.4. The SMILES string of the molecule is COc1cnc(C2(C)CC2)cc1C(C)(C)C. The van der Waals surface area contributed by atoms with Crippen LogP contribution in [-0.4, -0.2) is 12.1 Å². The summed E-state index contributed by atoms with van der Waals surface area (Å²) in [5.74, 6) is 0.903. The Hall–Kier alpha value is -1.05. The van der Waals surface area contributed by atoms with E-state index in [2.05, 4.69) is 38.7 Å². The van der Waals surface area contributed by atoms with Gasteiger partial charge in [-0.1, -0.05) is 27.7 Å². The van der Waals surface area contributed by atoms with E-state index in [4.69, 9.17) is 4.74 Å². The second-order valence-electron chi connectivity index (χ2n) is 6.08. The maximum Gasteiger partial charge on any atom is 0.140 e. The van der Waals surface area contributed by atoms with Crippen molar-refractivity contribution in [3.8, 4) is 5.75 Å². The fourth-order valence-corrected chi connectivity index (χ4v) is 1.97. The van der Waals surface area contributed by atoms with Crippen molar-refractivity contribution in [1.29, 1.82) is 0 Å². The number of rotatable bonds is 2. The van der Waals surface area contributed by atoms with E-state index in [0.717, 1.165) is 5.75 Å². The lowest BCUT2D eigenvalue weighted by Crippen LogP contribution is -2.15. The molecule has 0 amide bonds. The predicted molar refractivity (Wildman–Crippen MR) is 66.1 cm³/mol. The molecule has 2 nitrogen and oxygen atoms in total. The smallest absolute Gasteiger partial charge is 0.140 e. The monoisotopic (exact) mass is 219 g/mol. The molecule has 0 bridgehead atoms. The molecular formula is C14H21NO. The minimum Gasteiger partial charge on any atom is -0.495 e. The number of aromatic nitrogens is 1. The Kier molecular flexibility index (Phi) is 2.48. The third-order valence-corrected chi connectivity index (χ3v) is 3.51. The maximum absolute atomic E-state index is 5.40. The minimum atomic E-state index is 0.105. The lowest BCUT2D eigenvalue weighted by Gasteiger charge is -2.23. The Morgan fingerprint density at radius 1 is 1.31 bits per heavy atom. The molecule has 2 rings (SSSR count). The largest absolute Gasteiger partial charge is 0.495 e. The number of ether oxygens (including phenoxy) is 1. The Bertz CT molecular complexity index is 400. The van der Waals surface area contributed by atoms with Gasteiger partial charge >= 0.3 is 0 Å². The highest BCUT2D eigenvalue weighted by Crippen LogP contribution is 2.48. The van der Waals surface area contributed by atoms with Gasteiger partial charge in [0.15, 0.2) is 0 Å². The van der Waals surface area contributed by atoms with Gasteiger partial charge in [-0.15, -0.1) is 0 Å². The van der Waals surface area contributed by atoms with Crippen molar-refractivity contribution in [2.24, 2.45) is 0 Å². The molecule has 0 aliphatic heterocycles. The molecule has 1 aliphatic carbocycles. The highest BCUT2D eigenvalue weighted by atomic mass is 16.5. The van der Waals surface area contributed by atoms with Crippen LogP contribution in [0.15, 0.2) is 12.3 Å². The molecule has 2 heteroatoms. The zero-order chi connectivity index (χ0) is 12.0. The van der Waals surface area contributed by atoms with E-state index < -0.39 is 0 Å². The van der Waals surface area contributed by atoms with Gasteiger partial charge in [-0.3, -0.25) is 4.98 Å². The van der Waals surface area contributed by atoms with E-state index in [1.165, 1.54) is 24.1 Å². The van der Waals surface area contributed by atoms with Gasteiger partial charge in [0.2, 0.25) is 0 Å². The first-order valence-electron chi connectivity index (χ1n) is 5.92. The number of methoxy groups -OCH3 is 1. The van der Waals surface area contributed by atoms with Crippen molar-refractivity contribution in [1.82, 2.24) is 4.98 Å². The van der Waals surface area contributed by atoms with Crippen LogP contribution in [0.5, 0.6) is 5.75 Å². The Morgan fingerprint density at radius 3 is 2.38 bits per heavy atom. The summed E-state index contributed by atoms with van der Waals surface area (Å²) >= 11 is 0. The van der Waals surface area contributed by atoms with Crippen LogP contribution in [0, 0.1) is 0 Å². The topological polar surface area (TPSA) is 22.1 Å². The summed E-state index contributed by atoms with van der Waals surface area (Å²) in [6.07, 6.45) is 4.39. The fraction of sp³-hybridized carbons (Fsp3) is 0.643. The van der Waals surface area contributed by atoms with Gasteiger partial charge < -0.3 is 4.74 Å². The average molecular weight is 219 g/mol. The molecule has 16 heavy (non-hydrogen) atoms. The molecule has 1 saturated carbocycles. The van der Waals surface area contributed by atoms with Crippen LogP contribution in [0.1, 0.15) is 51.8 Å². The molecule has 88 valence electrons. The van der Waals surface area contributed by atoms with E-state index in [1.807, 2.05) is 6.20 Å². The first-order chi connectivity index (χ1) is 7.37. The second-order valence-corrected chi connectivity index (χ2v) is 6.08. The third-order valence-electron chi connectivity index (χ3n) is 3.51. The van der Waals surface area contributed by atoms with Crippen LogP contribution in [0.3, 0.4) is 0 Å². The summed E-state index contributed by atoms with van der Waals surface area (Å²) in [4.78, 5) is 4.53. The number of nitrogens with zero attached hydrogens (tertiary/aromatic N) is 1. The van der Waals surface area contributed by atoms with Crippen molar-refractivity contribution < 1.29 is 4.74 Å².